The molecule has 0 fully saturated rings. The van der Waals surface area contributed by atoms with Gasteiger partial charge in [-0.3, -0.25) is 4.79 Å². The van der Waals surface area contributed by atoms with Crippen LogP contribution in [0.1, 0.15) is 16.3 Å². The largest absolute Gasteiger partial charge is 0.573 e. The van der Waals surface area contributed by atoms with Gasteiger partial charge in [-0.2, -0.15) is 0 Å². The molecule has 140 valence electrons. The van der Waals surface area contributed by atoms with Gasteiger partial charge in [0, 0.05) is 11.8 Å². The Kier molecular flexibility index (Phi) is 5.35. The van der Waals surface area contributed by atoms with Crippen LogP contribution in [0.3, 0.4) is 0 Å². The number of rotatable bonds is 6. The smallest absolute Gasteiger partial charge is 0.486 e. The topological polar surface area (TPSA) is 60.7 Å². The van der Waals surface area contributed by atoms with Gasteiger partial charge in [-0.25, -0.2) is 0 Å². The van der Waals surface area contributed by atoms with Crippen molar-refractivity contribution in [1.82, 2.24) is 0 Å². The molecule has 1 amide bonds. The molecule has 0 aliphatic heterocycles. The van der Waals surface area contributed by atoms with Gasteiger partial charge in [-0.1, -0.05) is 24.3 Å². The van der Waals surface area contributed by atoms with Crippen LogP contribution >= 0.6 is 0 Å². The first-order valence-electron chi connectivity index (χ1n) is 7.83. The number of ether oxygens (including phenoxy) is 2. The fourth-order valence-corrected chi connectivity index (χ4v) is 2.21. The normalized spacial score (nSPS) is 11.1. The van der Waals surface area contributed by atoms with Crippen molar-refractivity contribution in [1.29, 1.82) is 0 Å². The van der Waals surface area contributed by atoms with E-state index in [9.17, 15) is 18.0 Å². The summed E-state index contributed by atoms with van der Waals surface area (Å²) in [5.41, 5.74) is 0.139. The first kappa shape index (κ1) is 18.4. The predicted molar refractivity (Wildman–Crippen MR) is 90.6 cm³/mol. The molecule has 0 radical (unpaired) electrons. The highest BCUT2D eigenvalue weighted by Crippen LogP contribution is 2.25. The predicted octanol–water partition coefficient (Wildman–Crippen LogP) is 5.01. The molecule has 0 aliphatic carbocycles. The maximum Gasteiger partial charge on any atom is 0.573 e. The minimum atomic E-state index is -4.81. The summed E-state index contributed by atoms with van der Waals surface area (Å²) in [5.74, 6) is 0.0464. The summed E-state index contributed by atoms with van der Waals surface area (Å²) >= 11 is 0. The van der Waals surface area contributed by atoms with Crippen LogP contribution in [-0.4, -0.2) is 12.3 Å². The van der Waals surface area contributed by atoms with E-state index in [0.717, 1.165) is 12.1 Å². The number of furan rings is 1. The van der Waals surface area contributed by atoms with Crippen LogP contribution in [0.15, 0.2) is 71.1 Å². The number of carbonyl (C=O) groups is 1. The van der Waals surface area contributed by atoms with E-state index in [-0.39, 0.29) is 18.1 Å². The highest BCUT2D eigenvalue weighted by molar-refractivity contribution is 6.02. The van der Waals surface area contributed by atoms with Crippen molar-refractivity contribution in [3.8, 4) is 11.5 Å². The molecule has 3 aromatic rings. The molecule has 0 spiro atoms. The number of hydrogen-bond donors (Lipinski definition) is 1. The highest BCUT2D eigenvalue weighted by atomic mass is 19.4. The number of para-hydroxylation sites is 1. The quantitative estimate of drug-likeness (QED) is 0.656. The van der Waals surface area contributed by atoms with Gasteiger partial charge in [0.25, 0.3) is 5.91 Å². The second kappa shape index (κ2) is 7.86. The molecule has 0 saturated carbocycles. The van der Waals surface area contributed by atoms with E-state index in [0.29, 0.717) is 11.5 Å². The third kappa shape index (κ3) is 5.53. The van der Waals surface area contributed by atoms with E-state index < -0.39 is 18.0 Å². The van der Waals surface area contributed by atoms with Crippen LogP contribution in [-0.2, 0) is 6.61 Å². The van der Waals surface area contributed by atoms with E-state index in [1.807, 2.05) is 18.2 Å². The van der Waals surface area contributed by atoms with Crippen molar-refractivity contribution in [2.45, 2.75) is 13.0 Å². The lowest BCUT2D eigenvalue weighted by atomic mass is 10.3. The molecule has 0 bridgehead atoms. The summed E-state index contributed by atoms with van der Waals surface area (Å²) in [6.45, 7) is 0.131. The van der Waals surface area contributed by atoms with Gasteiger partial charge in [0.05, 0.1) is 0 Å². The van der Waals surface area contributed by atoms with Gasteiger partial charge in [-0.15, -0.1) is 13.2 Å². The number of hydrogen-bond acceptors (Lipinski definition) is 4. The Morgan fingerprint density at radius 1 is 0.963 bits per heavy atom. The maximum absolute atomic E-state index is 12.3. The van der Waals surface area contributed by atoms with E-state index in [1.54, 1.807) is 18.2 Å². The summed E-state index contributed by atoms with van der Waals surface area (Å²) in [4.78, 5) is 12.2. The molecule has 1 N–H and O–H groups in total. The SMILES string of the molecule is O=C(Nc1cccc(OC(F)(F)F)c1)c1ccc(COc2ccccc2)o1. The minimum Gasteiger partial charge on any atom is -0.486 e. The lowest BCUT2D eigenvalue weighted by molar-refractivity contribution is -0.274. The Morgan fingerprint density at radius 2 is 1.70 bits per heavy atom. The Morgan fingerprint density at radius 3 is 2.44 bits per heavy atom. The molecule has 5 nitrogen and oxygen atoms in total. The maximum atomic E-state index is 12.3. The summed E-state index contributed by atoms with van der Waals surface area (Å²) in [6, 6.07) is 17.1. The molecule has 8 heteroatoms. The van der Waals surface area contributed by atoms with Crippen LogP contribution in [0.25, 0.3) is 0 Å². The van der Waals surface area contributed by atoms with Crippen LogP contribution in [0.4, 0.5) is 18.9 Å². The molecule has 1 aromatic heterocycles. The number of amides is 1. The van der Waals surface area contributed by atoms with Crippen LogP contribution in [0.5, 0.6) is 11.5 Å². The second-order valence-electron chi connectivity index (χ2n) is 5.40. The molecule has 0 aliphatic rings. The number of benzene rings is 2. The first-order valence-corrected chi connectivity index (χ1v) is 7.83. The molecular weight excluding hydrogens is 363 g/mol. The summed E-state index contributed by atoms with van der Waals surface area (Å²) < 4.78 is 51.5. The van der Waals surface area contributed by atoms with E-state index in [1.165, 1.54) is 18.2 Å². The summed E-state index contributed by atoms with van der Waals surface area (Å²) in [7, 11) is 0. The number of alkyl halides is 3. The second-order valence-corrected chi connectivity index (χ2v) is 5.40. The minimum absolute atomic E-state index is 0.00352. The van der Waals surface area contributed by atoms with Crippen molar-refractivity contribution >= 4 is 11.6 Å². The standard InChI is InChI=1S/C19H14F3NO4/c20-19(21,22)27-15-8-4-5-13(11-15)23-18(24)17-10-9-16(26-17)12-25-14-6-2-1-3-7-14/h1-11H,12H2,(H,23,24). The van der Waals surface area contributed by atoms with Gasteiger partial charge >= 0.3 is 6.36 Å². The number of anilines is 1. The Hall–Kier alpha value is -3.42. The number of carbonyl (C=O) groups excluding carboxylic acids is 1. The molecular formula is C19H14F3NO4. The Labute approximate surface area is 152 Å². The molecule has 0 saturated heterocycles. The van der Waals surface area contributed by atoms with Crippen molar-refractivity contribution in [3.05, 3.63) is 78.3 Å². The van der Waals surface area contributed by atoms with Crippen molar-refractivity contribution in [3.63, 3.8) is 0 Å². The zero-order valence-electron chi connectivity index (χ0n) is 13.8. The summed E-state index contributed by atoms with van der Waals surface area (Å²) in [5, 5.41) is 2.45. The molecule has 2 aromatic carbocycles. The van der Waals surface area contributed by atoms with Crippen molar-refractivity contribution in [2.75, 3.05) is 5.32 Å². The Bertz CT molecular complexity index is 907. The fourth-order valence-electron chi connectivity index (χ4n) is 2.21. The molecule has 3 rings (SSSR count). The molecule has 0 unspecified atom stereocenters. The van der Waals surface area contributed by atoms with Crippen molar-refractivity contribution in [2.24, 2.45) is 0 Å². The third-order valence-corrected chi connectivity index (χ3v) is 3.34. The molecule has 0 atom stereocenters. The van der Waals surface area contributed by atoms with Crippen molar-refractivity contribution < 1.29 is 31.9 Å². The van der Waals surface area contributed by atoms with Crippen LogP contribution in [0, 0.1) is 0 Å². The first-order chi connectivity index (χ1) is 12.9. The van der Waals surface area contributed by atoms with E-state index >= 15 is 0 Å². The molecule has 27 heavy (non-hydrogen) atoms. The van der Waals surface area contributed by atoms with Gasteiger partial charge in [0.1, 0.15) is 23.9 Å². The zero-order chi connectivity index (χ0) is 19.3. The van der Waals surface area contributed by atoms with Gasteiger partial charge in [0.15, 0.2) is 5.76 Å². The third-order valence-electron chi connectivity index (χ3n) is 3.34. The Balaban J connectivity index is 1.60. The number of halogens is 3. The lowest BCUT2D eigenvalue weighted by Crippen LogP contribution is -2.17. The van der Waals surface area contributed by atoms with Gasteiger partial charge < -0.3 is 19.2 Å². The number of nitrogens with one attached hydrogen (secondary N) is 1. The van der Waals surface area contributed by atoms with Gasteiger partial charge in [0.2, 0.25) is 0 Å². The van der Waals surface area contributed by atoms with E-state index in [2.05, 4.69) is 10.1 Å². The molecule has 1 heterocycles. The zero-order valence-corrected chi connectivity index (χ0v) is 13.8. The monoisotopic (exact) mass is 377 g/mol. The van der Waals surface area contributed by atoms with Crippen LogP contribution < -0.4 is 14.8 Å². The average molecular weight is 377 g/mol. The highest BCUT2D eigenvalue weighted by Gasteiger charge is 2.31. The van der Waals surface area contributed by atoms with E-state index in [4.69, 9.17) is 9.15 Å². The van der Waals surface area contributed by atoms with Crippen LogP contribution in [0.2, 0.25) is 0 Å². The van der Waals surface area contributed by atoms with Gasteiger partial charge in [-0.05, 0) is 36.4 Å². The average Bonchev–Trinajstić information content (AvgIpc) is 3.09. The fraction of sp³-hybridized carbons (Fsp3) is 0.105. The lowest BCUT2D eigenvalue weighted by Gasteiger charge is -2.10. The summed E-state index contributed by atoms with van der Waals surface area (Å²) in [6.07, 6.45) is -4.81.